The standard InChI is InChI=1S/C18H19NO6S2/c20-26(21)10-15(18(11-26)27(22,23)14-4-2-1-3-5-14)19-9-13-6-7-16-17(8-13)25-12-24-16/h1-8,15,18-19H,9-12H2/t15-,18-/m1/s1. The molecule has 0 bridgehead atoms. The second-order valence-corrected chi connectivity index (χ2v) is 11.0. The van der Waals surface area contributed by atoms with Crippen LogP contribution in [0.15, 0.2) is 53.4 Å². The highest BCUT2D eigenvalue weighted by Crippen LogP contribution is 2.32. The van der Waals surface area contributed by atoms with E-state index in [2.05, 4.69) is 5.32 Å². The molecule has 2 aliphatic heterocycles. The quantitative estimate of drug-likeness (QED) is 0.791. The molecule has 2 heterocycles. The molecule has 2 aromatic rings. The van der Waals surface area contributed by atoms with Crippen molar-refractivity contribution in [3.8, 4) is 11.5 Å². The number of rotatable bonds is 5. The van der Waals surface area contributed by atoms with Crippen LogP contribution in [0.4, 0.5) is 0 Å². The fraction of sp³-hybridized carbons (Fsp3) is 0.333. The lowest BCUT2D eigenvalue weighted by molar-refractivity contribution is 0.174. The van der Waals surface area contributed by atoms with Crippen molar-refractivity contribution in [1.82, 2.24) is 5.32 Å². The van der Waals surface area contributed by atoms with Crippen molar-refractivity contribution in [2.24, 2.45) is 0 Å². The molecule has 0 saturated carbocycles. The molecule has 0 spiro atoms. The molecular formula is C18H19NO6S2. The maximum absolute atomic E-state index is 13.0. The summed E-state index contributed by atoms with van der Waals surface area (Å²) in [6.07, 6.45) is 0. The molecule has 4 rings (SSSR count). The van der Waals surface area contributed by atoms with Crippen molar-refractivity contribution in [3.63, 3.8) is 0 Å². The fourth-order valence-electron chi connectivity index (χ4n) is 3.40. The molecule has 1 fully saturated rings. The Balaban J connectivity index is 1.55. The first kappa shape index (κ1) is 18.3. The molecule has 7 nitrogen and oxygen atoms in total. The van der Waals surface area contributed by atoms with Gasteiger partial charge < -0.3 is 14.8 Å². The van der Waals surface area contributed by atoms with Crippen molar-refractivity contribution in [2.75, 3.05) is 18.3 Å². The molecule has 144 valence electrons. The Morgan fingerprint density at radius 1 is 1.00 bits per heavy atom. The summed E-state index contributed by atoms with van der Waals surface area (Å²) in [4.78, 5) is 0.141. The minimum absolute atomic E-state index is 0.141. The van der Waals surface area contributed by atoms with Crippen molar-refractivity contribution in [2.45, 2.75) is 22.7 Å². The molecule has 9 heteroatoms. The highest BCUT2D eigenvalue weighted by atomic mass is 32.2. The van der Waals surface area contributed by atoms with E-state index in [-0.39, 0.29) is 23.2 Å². The summed E-state index contributed by atoms with van der Waals surface area (Å²) in [6.45, 7) is 0.502. The van der Waals surface area contributed by atoms with Crippen molar-refractivity contribution in [3.05, 3.63) is 54.1 Å². The predicted octanol–water partition coefficient (Wildman–Crippen LogP) is 1.14. The van der Waals surface area contributed by atoms with Gasteiger partial charge in [-0.1, -0.05) is 24.3 Å². The largest absolute Gasteiger partial charge is 0.454 e. The van der Waals surface area contributed by atoms with E-state index in [0.717, 1.165) is 5.56 Å². The van der Waals surface area contributed by atoms with E-state index >= 15 is 0 Å². The van der Waals surface area contributed by atoms with Crippen LogP contribution in [-0.2, 0) is 26.2 Å². The summed E-state index contributed by atoms with van der Waals surface area (Å²) in [5.41, 5.74) is 0.861. The van der Waals surface area contributed by atoms with Gasteiger partial charge in [0.25, 0.3) is 0 Å². The average Bonchev–Trinajstić information content (AvgIpc) is 3.24. The monoisotopic (exact) mass is 409 g/mol. The van der Waals surface area contributed by atoms with E-state index < -0.39 is 31.0 Å². The number of sulfone groups is 2. The molecule has 0 aliphatic carbocycles. The summed E-state index contributed by atoms with van der Waals surface area (Å²) in [5.74, 6) is 0.714. The van der Waals surface area contributed by atoms with Crippen LogP contribution in [0.5, 0.6) is 11.5 Å². The third kappa shape index (κ3) is 3.67. The van der Waals surface area contributed by atoms with Crippen LogP contribution in [0.2, 0.25) is 0 Å². The number of benzene rings is 2. The Labute approximate surface area is 158 Å². The van der Waals surface area contributed by atoms with Gasteiger partial charge in [0.2, 0.25) is 6.79 Å². The Morgan fingerprint density at radius 2 is 1.74 bits per heavy atom. The maximum atomic E-state index is 13.0. The Bertz CT molecular complexity index is 1050. The van der Waals surface area contributed by atoms with Gasteiger partial charge in [0.1, 0.15) is 0 Å². The zero-order valence-corrected chi connectivity index (χ0v) is 16.0. The van der Waals surface area contributed by atoms with E-state index in [1.165, 1.54) is 12.1 Å². The lowest BCUT2D eigenvalue weighted by atomic mass is 10.2. The Morgan fingerprint density at radius 3 is 2.52 bits per heavy atom. The summed E-state index contributed by atoms with van der Waals surface area (Å²) >= 11 is 0. The fourth-order valence-corrected chi connectivity index (χ4v) is 8.13. The molecule has 0 radical (unpaired) electrons. The zero-order valence-electron chi connectivity index (χ0n) is 14.4. The highest BCUT2D eigenvalue weighted by molar-refractivity contribution is 7.96. The highest BCUT2D eigenvalue weighted by Gasteiger charge is 2.45. The van der Waals surface area contributed by atoms with Crippen LogP contribution in [0.3, 0.4) is 0 Å². The summed E-state index contributed by atoms with van der Waals surface area (Å²) < 4.78 is 60.8. The predicted molar refractivity (Wildman–Crippen MR) is 99.3 cm³/mol. The van der Waals surface area contributed by atoms with Gasteiger partial charge in [-0.15, -0.1) is 0 Å². The molecule has 2 aliphatic rings. The van der Waals surface area contributed by atoms with Gasteiger partial charge in [0, 0.05) is 12.6 Å². The van der Waals surface area contributed by atoms with Crippen LogP contribution in [0.1, 0.15) is 5.56 Å². The molecule has 1 N–H and O–H groups in total. The summed E-state index contributed by atoms with van der Waals surface area (Å²) in [5, 5.41) is 2.10. The van der Waals surface area contributed by atoms with Crippen LogP contribution in [-0.4, -0.2) is 46.4 Å². The Kier molecular flexibility index (Phi) is 4.61. The molecule has 27 heavy (non-hydrogen) atoms. The van der Waals surface area contributed by atoms with E-state index in [9.17, 15) is 16.8 Å². The van der Waals surface area contributed by atoms with Gasteiger partial charge in [-0.2, -0.15) is 0 Å². The van der Waals surface area contributed by atoms with Gasteiger partial charge in [0.05, 0.1) is 21.7 Å². The molecule has 2 atom stereocenters. The van der Waals surface area contributed by atoms with E-state index in [4.69, 9.17) is 9.47 Å². The molecule has 0 aromatic heterocycles. The van der Waals surface area contributed by atoms with Crippen molar-refractivity contribution >= 4 is 19.7 Å². The second-order valence-electron chi connectivity index (χ2n) is 6.65. The number of hydrogen-bond donors (Lipinski definition) is 1. The first-order chi connectivity index (χ1) is 12.9. The van der Waals surface area contributed by atoms with E-state index in [1.807, 2.05) is 6.07 Å². The Hall–Kier alpha value is -2.10. The average molecular weight is 409 g/mol. The third-order valence-electron chi connectivity index (χ3n) is 4.78. The van der Waals surface area contributed by atoms with E-state index in [0.29, 0.717) is 18.0 Å². The number of ether oxygens (including phenoxy) is 2. The van der Waals surface area contributed by atoms with Gasteiger partial charge >= 0.3 is 0 Å². The molecule has 0 unspecified atom stereocenters. The number of fused-ring (bicyclic) bond motifs is 1. The number of nitrogens with one attached hydrogen (secondary N) is 1. The molecular weight excluding hydrogens is 390 g/mol. The topological polar surface area (TPSA) is 98.8 Å². The summed E-state index contributed by atoms with van der Waals surface area (Å²) in [6, 6.07) is 12.7. The van der Waals surface area contributed by atoms with Crippen LogP contribution < -0.4 is 14.8 Å². The SMILES string of the molecule is O=S1(=O)C[C@@H](S(=O)(=O)c2ccccc2)[C@H](NCc2ccc3c(c2)OCO3)C1. The minimum Gasteiger partial charge on any atom is -0.454 e. The maximum Gasteiger partial charge on any atom is 0.231 e. The molecule has 1 saturated heterocycles. The van der Waals surface area contributed by atoms with Crippen molar-refractivity contribution < 1.29 is 26.3 Å². The number of hydrogen-bond acceptors (Lipinski definition) is 7. The lowest BCUT2D eigenvalue weighted by Crippen LogP contribution is -2.43. The van der Waals surface area contributed by atoms with Crippen LogP contribution >= 0.6 is 0 Å². The second kappa shape index (κ2) is 6.81. The van der Waals surface area contributed by atoms with Crippen LogP contribution in [0.25, 0.3) is 0 Å². The smallest absolute Gasteiger partial charge is 0.231 e. The first-order valence-electron chi connectivity index (χ1n) is 8.46. The van der Waals surface area contributed by atoms with Gasteiger partial charge in [-0.25, -0.2) is 16.8 Å². The molecule has 0 amide bonds. The minimum atomic E-state index is -3.76. The molecule has 2 aromatic carbocycles. The third-order valence-corrected chi connectivity index (χ3v) is 8.94. The van der Waals surface area contributed by atoms with Gasteiger partial charge in [-0.3, -0.25) is 0 Å². The summed E-state index contributed by atoms with van der Waals surface area (Å²) in [7, 11) is -7.20. The van der Waals surface area contributed by atoms with E-state index in [1.54, 1.807) is 30.3 Å². The van der Waals surface area contributed by atoms with Crippen molar-refractivity contribution in [1.29, 1.82) is 0 Å². The van der Waals surface area contributed by atoms with Gasteiger partial charge in [-0.05, 0) is 29.8 Å². The van der Waals surface area contributed by atoms with Gasteiger partial charge in [0.15, 0.2) is 31.2 Å². The normalized spacial score (nSPS) is 23.4. The first-order valence-corrected chi connectivity index (χ1v) is 11.8. The van der Waals surface area contributed by atoms with Crippen LogP contribution in [0, 0.1) is 0 Å². The zero-order chi connectivity index (χ0) is 19.1. The lowest BCUT2D eigenvalue weighted by Gasteiger charge is -2.20.